The molecule has 0 fully saturated rings. The van der Waals surface area contributed by atoms with Crippen LogP contribution in [0.1, 0.15) is 51.3 Å². The lowest BCUT2D eigenvalue weighted by atomic mass is 9.80. The Labute approximate surface area is 408 Å². The lowest BCUT2D eigenvalue weighted by molar-refractivity contribution is 0.590. The van der Waals surface area contributed by atoms with Crippen molar-refractivity contribution in [2.24, 2.45) is 0 Å². The molecule has 0 aliphatic carbocycles. The van der Waals surface area contributed by atoms with Crippen LogP contribution in [0, 0.1) is 0 Å². The number of hydrogen-bond acceptors (Lipinski definition) is 2. The summed E-state index contributed by atoms with van der Waals surface area (Å²) in [6.07, 6.45) is 1.79. The predicted molar refractivity (Wildman–Crippen MR) is 298 cm³/mol. The molecule has 2 heterocycles. The van der Waals surface area contributed by atoms with E-state index in [0.717, 1.165) is 73.4 Å². The van der Waals surface area contributed by atoms with E-state index in [1.807, 2.05) is 12.1 Å². The van der Waals surface area contributed by atoms with Crippen molar-refractivity contribution in [3.8, 4) is 55.6 Å². The molecule has 70 heavy (non-hydrogen) atoms. The van der Waals surface area contributed by atoms with Gasteiger partial charge in [0.15, 0.2) is 0 Å². The number of benzene rings is 11. The molecule has 2 aromatic heterocycles. The van der Waals surface area contributed by atoms with Crippen LogP contribution in [0.5, 0.6) is 0 Å². The first-order valence-electron chi connectivity index (χ1n) is 24.8. The van der Waals surface area contributed by atoms with Gasteiger partial charge in [0.2, 0.25) is 0 Å². The third-order valence-corrected chi connectivity index (χ3v) is 15.0. The Bertz CT molecular complexity index is 4220. The zero-order valence-corrected chi connectivity index (χ0v) is 40.3. The van der Waals surface area contributed by atoms with E-state index in [-0.39, 0.29) is 5.41 Å². The molecule has 0 aliphatic heterocycles. The van der Waals surface area contributed by atoms with Gasteiger partial charge in [-0.15, -0.1) is 0 Å². The fourth-order valence-corrected chi connectivity index (χ4v) is 11.4. The first-order valence-corrected chi connectivity index (χ1v) is 24.8. The molecule has 0 aliphatic rings. The fourth-order valence-electron chi connectivity index (χ4n) is 11.4. The molecule has 336 valence electrons. The Morgan fingerprint density at radius 2 is 0.786 bits per heavy atom. The second kappa shape index (κ2) is 16.2. The maximum atomic E-state index is 6.48. The van der Waals surface area contributed by atoms with Crippen molar-refractivity contribution in [2.75, 3.05) is 0 Å². The summed E-state index contributed by atoms with van der Waals surface area (Å²) in [6, 6.07) is 74.3. The van der Waals surface area contributed by atoms with E-state index in [0.29, 0.717) is 0 Å². The first-order chi connectivity index (χ1) is 34.2. The van der Waals surface area contributed by atoms with E-state index >= 15 is 0 Å². The summed E-state index contributed by atoms with van der Waals surface area (Å²) >= 11 is 0. The van der Waals surface area contributed by atoms with Crippen LogP contribution in [0.15, 0.2) is 209 Å². The minimum Gasteiger partial charge on any atom is -0.456 e. The molecule has 13 rings (SSSR count). The molecule has 2 nitrogen and oxygen atoms in total. The van der Waals surface area contributed by atoms with E-state index in [4.69, 9.17) is 8.83 Å². The third-order valence-electron chi connectivity index (χ3n) is 15.0. The SMILES string of the molecule is CCc1cc(-c2c3ccc(-c4ccc5oc6ccccc6c5c4)cc3c(-c3ccc(C(C)(C)C)cc3)c3ccc(-c4ccc5c(c4)oc4ccccc45)cc23)c(CC)cc1-c1cccc2ccccc12. The largest absolute Gasteiger partial charge is 0.456 e. The summed E-state index contributed by atoms with van der Waals surface area (Å²) in [7, 11) is 0. The highest BCUT2D eigenvalue weighted by molar-refractivity contribution is 6.23. The highest BCUT2D eigenvalue weighted by atomic mass is 16.3. The van der Waals surface area contributed by atoms with Crippen molar-refractivity contribution in [1.82, 2.24) is 0 Å². The average molecular weight is 901 g/mol. The van der Waals surface area contributed by atoms with Crippen LogP contribution in [0.25, 0.3) is 132 Å². The van der Waals surface area contributed by atoms with E-state index in [9.17, 15) is 0 Å². The summed E-state index contributed by atoms with van der Waals surface area (Å²) in [6.45, 7) is 11.5. The minimum absolute atomic E-state index is 0.0250. The van der Waals surface area contributed by atoms with Gasteiger partial charge < -0.3 is 8.83 Å². The molecule has 0 N–H and O–H groups in total. The summed E-state index contributed by atoms with van der Waals surface area (Å²) in [5.74, 6) is 0. The maximum Gasteiger partial charge on any atom is 0.136 e. The second-order valence-corrected chi connectivity index (χ2v) is 20.1. The number of fused-ring (bicyclic) bond motifs is 9. The van der Waals surface area contributed by atoms with Gasteiger partial charge in [0, 0.05) is 21.5 Å². The predicted octanol–water partition coefficient (Wildman–Crippen LogP) is 19.7. The van der Waals surface area contributed by atoms with Crippen LogP contribution in [0.2, 0.25) is 0 Å². The number of para-hydroxylation sites is 2. The van der Waals surface area contributed by atoms with E-state index in [2.05, 4.69) is 223 Å². The smallest absolute Gasteiger partial charge is 0.136 e. The van der Waals surface area contributed by atoms with Crippen molar-refractivity contribution < 1.29 is 8.83 Å². The quantitative estimate of drug-likeness (QED) is 0.149. The highest BCUT2D eigenvalue weighted by Crippen LogP contribution is 2.49. The fraction of sp³-hybridized carbons (Fsp3) is 0.118. The number of rotatable bonds is 7. The normalized spacial score (nSPS) is 12.2. The van der Waals surface area contributed by atoms with Crippen molar-refractivity contribution in [3.05, 3.63) is 217 Å². The number of hydrogen-bond donors (Lipinski definition) is 0. The molecule has 0 saturated carbocycles. The first kappa shape index (κ1) is 41.9. The molecule has 0 unspecified atom stereocenters. The Morgan fingerprint density at radius 3 is 1.47 bits per heavy atom. The molecule has 2 heteroatoms. The number of furan rings is 2. The van der Waals surface area contributed by atoms with Gasteiger partial charge in [-0.05, 0) is 171 Å². The molecule has 11 aromatic carbocycles. The monoisotopic (exact) mass is 900 g/mol. The van der Waals surface area contributed by atoms with Gasteiger partial charge in [0.05, 0.1) is 0 Å². The second-order valence-electron chi connectivity index (χ2n) is 20.1. The van der Waals surface area contributed by atoms with Crippen LogP contribution in [-0.2, 0) is 18.3 Å². The Hall–Kier alpha value is -8.20. The van der Waals surface area contributed by atoms with Gasteiger partial charge in [0.1, 0.15) is 22.3 Å². The zero-order valence-electron chi connectivity index (χ0n) is 40.3. The van der Waals surface area contributed by atoms with Crippen molar-refractivity contribution in [1.29, 1.82) is 0 Å². The van der Waals surface area contributed by atoms with Crippen LogP contribution >= 0.6 is 0 Å². The molecular weight excluding hydrogens is 849 g/mol. The topological polar surface area (TPSA) is 26.3 Å². The van der Waals surface area contributed by atoms with Crippen LogP contribution in [-0.4, -0.2) is 0 Å². The van der Waals surface area contributed by atoms with Crippen molar-refractivity contribution in [3.63, 3.8) is 0 Å². The molecule has 0 bridgehead atoms. The van der Waals surface area contributed by atoms with Crippen LogP contribution in [0.3, 0.4) is 0 Å². The van der Waals surface area contributed by atoms with E-state index < -0.39 is 0 Å². The van der Waals surface area contributed by atoms with Gasteiger partial charge in [-0.1, -0.05) is 186 Å². The third kappa shape index (κ3) is 6.77. The maximum absolute atomic E-state index is 6.48. The van der Waals surface area contributed by atoms with Gasteiger partial charge in [-0.2, -0.15) is 0 Å². The molecule has 0 amide bonds. The van der Waals surface area contributed by atoms with E-state index in [1.54, 1.807) is 0 Å². The summed E-state index contributed by atoms with van der Waals surface area (Å²) < 4.78 is 12.8. The van der Waals surface area contributed by atoms with Crippen LogP contribution < -0.4 is 0 Å². The van der Waals surface area contributed by atoms with Gasteiger partial charge in [-0.25, -0.2) is 0 Å². The minimum atomic E-state index is 0.0250. The molecule has 0 atom stereocenters. The van der Waals surface area contributed by atoms with Crippen LogP contribution in [0.4, 0.5) is 0 Å². The number of aryl methyl sites for hydroxylation is 2. The Balaban J connectivity index is 1.12. The zero-order chi connectivity index (χ0) is 47.3. The van der Waals surface area contributed by atoms with Crippen molar-refractivity contribution >= 4 is 76.2 Å². The lowest BCUT2D eigenvalue weighted by Gasteiger charge is -2.23. The van der Waals surface area contributed by atoms with E-state index in [1.165, 1.54) is 88.0 Å². The summed E-state index contributed by atoms with van der Waals surface area (Å²) in [5.41, 5.74) is 19.9. The molecular formula is C68H52O2. The Kier molecular flexibility index (Phi) is 9.72. The molecule has 13 aromatic rings. The average Bonchev–Trinajstić information content (AvgIpc) is 3.97. The Morgan fingerprint density at radius 1 is 0.314 bits per heavy atom. The van der Waals surface area contributed by atoms with Gasteiger partial charge in [-0.3, -0.25) is 0 Å². The highest BCUT2D eigenvalue weighted by Gasteiger charge is 2.23. The lowest BCUT2D eigenvalue weighted by Crippen LogP contribution is -2.10. The summed E-state index contributed by atoms with van der Waals surface area (Å²) in [4.78, 5) is 0. The molecule has 0 radical (unpaired) electrons. The van der Waals surface area contributed by atoms with Gasteiger partial charge in [0.25, 0.3) is 0 Å². The standard InChI is InChI=1S/C68H52O2/c1-6-41-36-58(42(7-2)35-57(41)51-20-14-16-43-15-8-9-17-50(43)51)67-56-33-27-45(47-28-34-64-59(37-47)53-19-11-13-22-63(53)69-64)38-60(56)66(44-23-29-49(30-24-44)68(3,4)5)55-32-26-46(39-61(55)67)48-25-31-54-52-18-10-12-21-62(52)70-65(54)40-48/h8-40H,6-7H2,1-5H3. The molecule has 0 saturated heterocycles. The van der Waals surface area contributed by atoms with Gasteiger partial charge >= 0.3 is 0 Å². The summed E-state index contributed by atoms with van der Waals surface area (Å²) in [5, 5.41) is 12.0. The van der Waals surface area contributed by atoms with Crippen molar-refractivity contribution in [2.45, 2.75) is 52.9 Å². The molecule has 0 spiro atoms.